The van der Waals surface area contributed by atoms with Gasteiger partial charge in [-0.2, -0.15) is 0 Å². The maximum absolute atomic E-state index is 4.59. The number of benzene rings is 3. The first-order chi connectivity index (χ1) is 15.2. The average molecular weight is 464 g/mol. The molecule has 0 aliphatic rings. The molecule has 5 nitrogen and oxygen atoms in total. The van der Waals surface area contributed by atoms with Gasteiger partial charge < -0.3 is 23.0 Å². The van der Waals surface area contributed by atoms with Gasteiger partial charge in [-0.05, 0) is 46.6 Å². The third-order valence-corrected chi connectivity index (χ3v) is 6.10. The molecule has 2 N–H and O–H groups in total. The van der Waals surface area contributed by atoms with Crippen molar-refractivity contribution in [3.63, 3.8) is 0 Å². The SMILES string of the molecule is Cc1csc(N=Nc2cccc(NCc3ccccc3)c2NCc2ccccc2)[n+]1C.[Cl-]. The molecule has 0 spiro atoms. The molecule has 0 aliphatic carbocycles. The molecule has 1 aromatic heterocycles. The van der Waals surface area contributed by atoms with Crippen molar-refractivity contribution in [1.29, 1.82) is 0 Å². The second kappa shape index (κ2) is 11.4. The maximum Gasteiger partial charge on any atom is 0.408 e. The van der Waals surface area contributed by atoms with Crippen LogP contribution in [0.2, 0.25) is 0 Å². The van der Waals surface area contributed by atoms with Gasteiger partial charge in [-0.3, -0.25) is 0 Å². The van der Waals surface area contributed by atoms with Gasteiger partial charge in [-0.1, -0.05) is 66.7 Å². The molecule has 3 aromatic carbocycles. The monoisotopic (exact) mass is 463 g/mol. The summed E-state index contributed by atoms with van der Waals surface area (Å²) < 4.78 is 2.04. The number of thiazole rings is 1. The zero-order valence-corrected chi connectivity index (χ0v) is 19.7. The molecule has 164 valence electrons. The molecule has 32 heavy (non-hydrogen) atoms. The van der Waals surface area contributed by atoms with Gasteiger partial charge in [0.15, 0.2) is 0 Å². The van der Waals surface area contributed by atoms with Crippen LogP contribution in [0.25, 0.3) is 0 Å². The Labute approximate surface area is 199 Å². The summed E-state index contributed by atoms with van der Waals surface area (Å²) in [5, 5.41) is 19.2. The molecule has 1 heterocycles. The Morgan fingerprint density at radius 1 is 0.781 bits per heavy atom. The fourth-order valence-electron chi connectivity index (χ4n) is 3.17. The van der Waals surface area contributed by atoms with Crippen LogP contribution in [0.3, 0.4) is 0 Å². The summed E-state index contributed by atoms with van der Waals surface area (Å²) in [4.78, 5) is 0. The van der Waals surface area contributed by atoms with Crippen LogP contribution in [0.4, 0.5) is 22.2 Å². The number of hydrogen-bond donors (Lipinski definition) is 2. The van der Waals surface area contributed by atoms with Crippen LogP contribution in [-0.2, 0) is 20.1 Å². The van der Waals surface area contributed by atoms with Crippen molar-refractivity contribution in [2.24, 2.45) is 17.3 Å². The number of hydrogen-bond acceptors (Lipinski definition) is 5. The molecule has 0 bridgehead atoms. The van der Waals surface area contributed by atoms with E-state index in [9.17, 15) is 0 Å². The minimum Gasteiger partial charge on any atom is -1.00 e. The predicted octanol–water partition coefficient (Wildman–Crippen LogP) is 3.52. The highest BCUT2D eigenvalue weighted by molar-refractivity contribution is 7.12. The highest BCUT2D eigenvalue weighted by atomic mass is 35.5. The smallest absolute Gasteiger partial charge is 0.408 e. The summed E-state index contributed by atoms with van der Waals surface area (Å²) in [6, 6.07) is 26.8. The minimum absolute atomic E-state index is 0. The second-order valence-electron chi connectivity index (χ2n) is 7.30. The predicted molar refractivity (Wildman–Crippen MR) is 128 cm³/mol. The maximum atomic E-state index is 4.59. The van der Waals surface area contributed by atoms with Gasteiger partial charge in [-0.15, -0.1) is 0 Å². The number of anilines is 2. The van der Waals surface area contributed by atoms with Crippen molar-refractivity contribution in [3.8, 4) is 0 Å². The summed E-state index contributed by atoms with van der Waals surface area (Å²) in [5.41, 5.74) is 6.36. The van der Waals surface area contributed by atoms with Crippen LogP contribution >= 0.6 is 11.3 Å². The van der Waals surface area contributed by atoms with Gasteiger partial charge in [0.2, 0.25) is 0 Å². The average Bonchev–Trinajstić information content (AvgIpc) is 3.14. The van der Waals surface area contributed by atoms with E-state index >= 15 is 0 Å². The van der Waals surface area contributed by atoms with E-state index in [-0.39, 0.29) is 12.4 Å². The van der Waals surface area contributed by atoms with E-state index in [4.69, 9.17) is 0 Å². The Hall–Kier alpha value is -3.22. The number of halogens is 1. The first kappa shape index (κ1) is 23.4. The number of nitrogens with one attached hydrogen (secondary N) is 2. The topological polar surface area (TPSA) is 52.7 Å². The Morgan fingerprint density at radius 3 is 2.00 bits per heavy atom. The van der Waals surface area contributed by atoms with Crippen LogP contribution in [-0.4, -0.2) is 0 Å². The summed E-state index contributed by atoms with van der Waals surface area (Å²) >= 11 is 1.59. The molecule has 7 heteroatoms. The standard InChI is InChI=1S/C25H25N5S.ClH/c1-19-18-31-25(30(19)2)29-28-23-15-9-14-22(26-16-20-10-5-3-6-11-20)24(23)27-17-21-12-7-4-8-13-21;/h3-15,18H,16-17H2,1-2H3,(H,26,28);1H. The minimum atomic E-state index is 0. The number of aromatic nitrogens is 1. The molecule has 0 aliphatic heterocycles. The first-order valence-electron chi connectivity index (χ1n) is 10.2. The molecule has 0 fully saturated rings. The highest BCUT2D eigenvalue weighted by Crippen LogP contribution is 2.35. The fraction of sp³-hybridized carbons (Fsp3) is 0.160. The fourth-order valence-corrected chi connectivity index (χ4v) is 3.99. The lowest BCUT2D eigenvalue weighted by Gasteiger charge is -2.15. The van der Waals surface area contributed by atoms with E-state index in [1.165, 1.54) is 16.8 Å². The number of aryl methyl sites for hydroxylation is 1. The van der Waals surface area contributed by atoms with Gasteiger partial charge in [0.05, 0.1) is 23.5 Å². The largest absolute Gasteiger partial charge is 1.00 e. The van der Waals surface area contributed by atoms with Crippen LogP contribution in [0, 0.1) is 6.92 Å². The molecule has 0 saturated carbocycles. The summed E-state index contributed by atoms with van der Waals surface area (Å²) in [5.74, 6) is 0. The van der Waals surface area contributed by atoms with Crippen molar-refractivity contribution in [1.82, 2.24) is 0 Å². The lowest BCUT2D eigenvalue weighted by molar-refractivity contribution is -0.660. The van der Waals surface area contributed by atoms with E-state index in [0.717, 1.165) is 28.7 Å². The van der Waals surface area contributed by atoms with E-state index in [1.54, 1.807) is 11.3 Å². The third-order valence-electron chi connectivity index (χ3n) is 5.07. The molecule has 0 unspecified atom stereocenters. The van der Waals surface area contributed by atoms with Gasteiger partial charge in [0.25, 0.3) is 0 Å². The quantitative estimate of drug-likeness (QED) is 0.310. The molecular weight excluding hydrogens is 438 g/mol. The molecule has 0 atom stereocenters. The second-order valence-corrected chi connectivity index (χ2v) is 8.13. The molecule has 4 rings (SSSR count). The van der Waals surface area contributed by atoms with Gasteiger partial charge >= 0.3 is 5.13 Å². The number of rotatable bonds is 8. The van der Waals surface area contributed by atoms with Crippen LogP contribution in [0.5, 0.6) is 0 Å². The Kier molecular flexibility index (Phi) is 8.36. The van der Waals surface area contributed by atoms with Gasteiger partial charge in [0, 0.05) is 18.5 Å². The zero-order valence-electron chi connectivity index (χ0n) is 18.1. The Balaban J connectivity index is 0.00000289. The van der Waals surface area contributed by atoms with E-state index in [0.29, 0.717) is 6.54 Å². The molecule has 0 radical (unpaired) electrons. The number of azo groups is 1. The lowest BCUT2D eigenvalue weighted by atomic mass is 10.1. The van der Waals surface area contributed by atoms with Crippen molar-refractivity contribution in [2.75, 3.05) is 10.6 Å². The van der Waals surface area contributed by atoms with Gasteiger partial charge in [0.1, 0.15) is 11.4 Å². The molecule has 0 saturated heterocycles. The normalized spacial score (nSPS) is 10.7. The molecule has 0 amide bonds. The lowest BCUT2D eigenvalue weighted by Crippen LogP contribution is -3.00. The van der Waals surface area contributed by atoms with E-state index in [1.807, 2.05) is 35.9 Å². The Bertz CT molecular complexity index is 1160. The highest BCUT2D eigenvalue weighted by Gasteiger charge is 2.14. The van der Waals surface area contributed by atoms with Crippen LogP contribution < -0.4 is 27.6 Å². The van der Waals surface area contributed by atoms with Crippen molar-refractivity contribution >= 4 is 33.5 Å². The number of nitrogens with zero attached hydrogens (tertiary/aromatic N) is 3. The third kappa shape index (κ3) is 5.93. The molecule has 4 aromatic rings. The van der Waals surface area contributed by atoms with Crippen molar-refractivity contribution in [3.05, 3.63) is 101 Å². The summed E-state index contributed by atoms with van der Waals surface area (Å²) in [6.07, 6.45) is 0. The molecular formula is C25H26ClN5S. The van der Waals surface area contributed by atoms with Crippen LogP contribution in [0.15, 0.2) is 94.5 Å². The zero-order chi connectivity index (χ0) is 21.5. The van der Waals surface area contributed by atoms with Crippen molar-refractivity contribution in [2.45, 2.75) is 20.0 Å². The number of para-hydroxylation sites is 1. The van der Waals surface area contributed by atoms with E-state index in [2.05, 4.69) is 87.8 Å². The van der Waals surface area contributed by atoms with Crippen molar-refractivity contribution < 1.29 is 17.0 Å². The van der Waals surface area contributed by atoms with Crippen LogP contribution in [0.1, 0.15) is 16.8 Å². The summed E-state index contributed by atoms with van der Waals surface area (Å²) in [6.45, 7) is 3.51. The first-order valence-corrected chi connectivity index (χ1v) is 11.1. The van der Waals surface area contributed by atoms with E-state index < -0.39 is 0 Å². The van der Waals surface area contributed by atoms with Gasteiger partial charge in [-0.25, -0.2) is 4.57 Å². The Morgan fingerprint density at radius 2 is 1.41 bits per heavy atom. The summed E-state index contributed by atoms with van der Waals surface area (Å²) in [7, 11) is 2.01.